The number of nitrogens with one attached hydrogen (secondary N) is 1. The van der Waals surface area contributed by atoms with Crippen LogP contribution in [0.2, 0.25) is 0 Å². The molecule has 0 saturated carbocycles. The molecule has 1 aromatic carbocycles. The van der Waals surface area contributed by atoms with Gasteiger partial charge >= 0.3 is 119 Å². The summed E-state index contributed by atoms with van der Waals surface area (Å²) in [5, 5.41) is 3.57. The molecular weight excluding hydrogens is 303 g/mol. The Labute approximate surface area is 119 Å². The zero-order chi connectivity index (χ0) is 13.8. The molecule has 1 aliphatic rings. The first-order chi connectivity index (χ1) is 8.83. The van der Waals surface area contributed by atoms with Crippen molar-refractivity contribution in [1.29, 1.82) is 0 Å². The number of benzene rings is 1. The third-order valence-corrected chi connectivity index (χ3v) is 6.67. The standard InChI is InChI=1S/C15H18N2OSe/c1-14(2)11-12(15(3,4)16-14)19-17(13(11)18)10-8-6-5-7-9-10/h5-9,16H,1-4H3. The molecule has 0 atom stereocenters. The second-order valence-corrected chi connectivity index (χ2v) is 8.11. The molecule has 0 bridgehead atoms. The van der Waals surface area contributed by atoms with Gasteiger partial charge < -0.3 is 0 Å². The molecule has 100 valence electrons. The Bertz CT molecular complexity index is 680. The fourth-order valence-electron chi connectivity index (χ4n) is 2.99. The van der Waals surface area contributed by atoms with Gasteiger partial charge in [-0.25, -0.2) is 0 Å². The van der Waals surface area contributed by atoms with E-state index in [4.69, 9.17) is 0 Å². The van der Waals surface area contributed by atoms with E-state index < -0.39 is 0 Å². The Morgan fingerprint density at radius 2 is 1.68 bits per heavy atom. The van der Waals surface area contributed by atoms with Crippen LogP contribution in [-0.4, -0.2) is 18.3 Å². The van der Waals surface area contributed by atoms with Crippen LogP contribution in [0, 0.1) is 0 Å². The Balaban J connectivity index is 2.27. The zero-order valence-electron chi connectivity index (χ0n) is 11.7. The molecule has 19 heavy (non-hydrogen) atoms. The summed E-state index contributed by atoms with van der Waals surface area (Å²) in [6, 6.07) is 9.96. The van der Waals surface area contributed by atoms with Crippen molar-refractivity contribution in [3.63, 3.8) is 0 Å². The average Bonchev–Trinajstić information content (AvgIpc) is 2.76. The van der Waals surface area contributed by atoms with Crippen LogP contribution >= 0.6 is 0 Å². The van der Waals surface area contributed by atoms with Gasteiger partial charge in [-0.1, -0.05) is 0 Å². The molecule has 1 N–H and O–H groups in total. The summed E-state index contributed by atoms with van der Waals surface area (Å²) in [6.07, 6.45) is 0. The van der Waals surface area contributed by atoms with E-state index >= 15 is 0 Å². The summed E-state index contributed by atoms with van der Waals surface area (Å²) in [4.78, 5) is 12.7. The van der Waals surface area contributed by atoms with Crippen molar-refractivity contribution in [2.75, 3.05) is 0 Å². The first-order valence-electron chi connectivity index (χ1n) is 6.45. The van der Waals surface area contributed by atoms with E-state index in [0.717, 1.165) is 11.3 Å². The van der Waals surface area contributed by atoms with Crippen molar-refractivity contribution in [3.05, 3.63) is 50.7 Å². The van der Waals surface area contributed by atoms with E-state index in [0.29, 0.717) is 0 Å². The first-order valence-corrected chi connectivity index (χ1v) is 8.07. The minimum absolute atomic E-state index is 0.0536. The van der Waals surface area contributed by atoms with Crippen LogP contribution in [0.3, 0.4) is 0 Å². The van der Waals surface area contributed by atoms with E-state index in [1.165, 1.54) is 4.44 Å². The van der Waals surface area contributed by atoms with Crippen LogP contribution in [-0.2, 0) is 11.1 Å². The summed E-state index contributed by atoms with van der Waals surface area (Å²) >= 11 is 0.0536. The fraction of sp³-hybridized carbons (Fsp3) is 0.400. The number of aromatic nitrogens is 1. The summed E-state index contributed by atoms with van der Waals surface area (Å²) in [5.74, 6) is 0. The van der Waals surface area contributed by atoms with Gasteiger partial charge in [-0.3, -0.25) is 0 Å². The molecule has 3 nitrogen and oxygen atoms in total. The molecule has 2 aromatic rings. The van der Waals surface area contributed by atoms with Crippen molar-refractivity contribution in [2.24, 2.45) is 0 Å². The normalized spacial score (nSPS) is 19.4. The summed E-state index contributed by atoms with van der Waals surface area (Å²) in [5.41, 5.74) is 1.83. The van der Waals surface area contributed by atoms with Crippen LogP contribution < -0.4 is 10.9 Å². The van der Waals surface area contributed by atoms with E-state index in [2.05, 4.69) is 33.0 Å². The molecular formula is C15H18N2OSe. The van der Waals surface area contributed by atoms with Gasteiger partial charge in [-0.2, -0.15) is 0 Å². The Kier molecular flexibility index (Phi) is 2.69. The number of rotatable bonds is 1. The van der Waals surface area contributed by atoms with Gasteiger partial charge in [0.2, 0.25) is 0 Å². The Morgan fingerprint density at radius 1 is 1.05 bits per heavy atom. The molecule has 2 heterocycles. The van der Waals surface area contributed by atoms with Crippen molar-refractivity contribution in [1.82, 2.24) is 8.88 Å². The fourth-order valence-corrected chi connectivity index (χ4v) is 5.71. The van der Waals surface area contributed by atoms with Gasteiger partial charge in [0.05, 0.1) is 0 Å². The molecule has 0 spiro atoms. The van der Waals surface area contributed by atoms with Gasteiger partial charge in [-0.05, 0) is 0 Å². The third kappa shape index (κ3) is 1.86. The van der Waals surface area contributed by atoms with Crippen LogP contribution in [0.15, 0.2) is 35.1 Å². The molecule has 0 unspecified atom stereocenters. The van der Waals surface area contributed by atoms with Crippen molar-refractivity contribution in [3.8, 4) is 5.69 Å². The predicted octanol–water partition coefficient (Wildman–Crippen LogP) is 1.97. The molecule has 0 saturated heterocycles. The molecule has 3 rings (SSSR count). The number of hydrogen-bond acceptors (Lipinski definition) is 2. The topological polar surface area (TPSA) is 34.0 Å². The number of nitrogens with zero attached hydrogens (tertiary/aromatic N) is 1. The Morgan fingerprint density at radius 3 is 2.26 bits per heavy atom. The van der Waals surface area contributed by atoms with Crippen LogP contribution in [0.4, 0.5) is 0 Å². The third-order valence-electron chi connectivity index (χ3n) is 3.62. The number of hydrogen-bond donors (Lipinski definition) is 1. The monoisotopic (exact) mass is 322 g/mol. The molecule has 0 aliphatic carbocycles. The summed E-state index contributed by atoms with van der Waals surface area (Å²) < 4.78 is 3.24. The minimum atomic E-state index is -0.235. The first kappa shape index (κ1) is 12.9. The molecule has 1 aromatic heterocycles. The van der Waals surface area contributed by atoms with Gasteiger partial charge in [0, 0.05) is 0 Å². The Hall–Kier alpha value is -1.09. The second-order valence-electron chi connectivity index (χ2n) is 6.11. The van der Waals surface area contributed by atoms with Crippen LogP contribution in [0.5, 0.6) is 0 Å². The van der Waals surface area contributed by atoms with E-state index in [-0.39, 0.29) is 31.4 Å². The molecule has 4 heteroatoms. The number of fused-ring (bicyclic) bond motifs is 1. The average molecular weight is 321 g/mol. The number of para-hydroxylation sites is 1. The molecule has 0 amide bonds. The van der Waals surface area contributed by atoms with E-state index in [9.17, 15) is 4.79 Å². The van der Waals surface area contributed by atoms with Crippen molar-refractivity contribution >= 4 is 14.7 Å². The van der Waals surface area contributed by atoms with E-state index in [1.807, 2.05) is 33.9 Å². The molecule has 0 radical (unpaired) electrons. The van der Waals surface area contributed by atoms with Gasteiger partial charge in [-0.15, -0.1) is 0 Å². The van der Waals surface area contributed by atoms with Crippen molar-refractivity contribution < 1.29 is 0 Å². The van der Waals surface area contributed by atoms with Crippen LogP contribution in [0.1, 0.15) is 37.7 Å². The van der Waals surface area contributed by atoms with Gasteiger partial charge in [0.15, 0.2) is 0 Å². The summed E-state index contributed by atoms with van der Waals surface area (Å²) in [7, 11) is 0. The maximum absolute atomic E-state index is 12.7. The summed E-state index contributed by atoms with van der Waals surface area (Å²) in [6.45, 7) is 8.53. The maximum atomic E-state index is 12.7. The predicted molar refractivity (Wildman–Crippen MR) is 78.2 cm³/mol. The quantitative estimate of drug-likeness (QED) is 0.815. The molecule has 1 aliphatic heterocycles. The SMILES string of the molecule is CC1(C)NC(C)(C)c2c1[se]n(-c1ccccc1)c2=O. The van der Waals surface area contributed by atoms with Gasteiger partial charge in [0.25, 0.3) is 0 Å². The van der Waals surface area contributed by atoms with Crippen LogP contribution in [0.25, 0.3) is 5.69 Å². The molecule has 0 fully saturated rings. The van der Waals surface area contributed by atoms with Gasteiger partial charge in [0.1, 0.15) is 0 Å². The second kappa shape index (κ2) is 3.95. The van der Waals surface area contributed by atoms with E-state index in [1.54, 1.807) is 0 Å². The van der Waals surface area contributed by atoms with Crippen molar-refractivity contribution in [2.45, 2.75) is 38.8 Å². The zero-order valence-corrected chi connectivity index (χ0v) is 13.4.